The Hall–Kier alpha value is -1.02. The lowest BCUT2D eigenvalue weighted by Gasteiger charge is -2.34. The minimum Gasteiger partial charge on any atom is -0.496 e. The Labute approximate surface area is 136 Å². The van der Waals surface area contributed by atoms with Gasteiger partial charge in [0.25, 0.3) is 0 Å². The fourth-order valence-electron chi connectivity index (χ4n) is 3.86. The van der Waals surface area contributed by atoms with Crippen LogP contribution in [0.4, 0.5) is 0 Å². The number of ether oxygens (including phenoxy) is 1. The van der Waals surface area contributed by atoms with Gasteiger partial charge in [-0.05, 0) is 88.2 Å². The molecule has 2 rings (SSSR count). The second-order valence-electron chi connectivity index (χ2n) is 7.01. The molecule has 0 spiro atoms. The van der Waals surface area contributed by atoms with E-state index in [1.165, 1.54) is 62.7 Å². The summed E-state index contributed by atoms with van der Waals surface area (Å²) in [4.78, 5) is 2.47. The number of benzene rings is 1. The average Bonchev–Trinajstić information content (AvgIpc) is 2.54. The highest BCUT2D eigenvalue weighted by Crippen LogP contribution is 2.31. The molecule has 1 aliphatic heterocycles. The summed E-state index contributed by atoms with van der Waals surface area (Å²) in [6, 6.07) is 6.66. The van der Waals surface area contributed by atoms with Gasteiger partial charge in [0, 0.05) is 0 Å². The molecule has 0 aliphatic carbocycles. The molecule has 2 nitrogen and oxygen atoms in total. The van der Waals surface area contributed by atoms with Crippen molar-refractivity contribution in [2.45, 2.75) is 52.4 Å². The van der Waals surface area contributed by atoms with Crippen molar-refractivity contribution in [3.63, 3.8) is 0 Å². The number of nitrogens with zero attached hydrogens (tertiary/aromatic N) is 1. The highest BCUT2D eigenvalue weighted by molar-refractivity contribution is 5.36. The van der Waals surface area contributed by atoms with E-state index in [9.17, 15) is 0 Å². The van der Waals surface area contributed by atoms with Crippen LogP contribution in [0.2, 0.25) is 0 Å². The first-order chi connectivity index (χ1) is 10.6. The van der Waals surface area contributed by atoms with Crippen LogP contribution in [0.25, 0.3) is 0 Å². The van der Waals surface area contributed by atoms with E-state index < -0.39 is 0 Å². The van der Waals surface area contributed by atoms with Crippen molar-refractivity contribution in [2.75, 3.05) is 27.2 Å². The minimum absolute atomic E-state index is 0.918. The largest absolute Gasteiger partial charge is 0.496 e. The number of methoxy groups -OCH3 is 1. The third-order valence-corrected chi connectivity index (χ3v) is 5.47. The summed E-state index contributed by atoms with van der Waals surface area (Å²) in [5, 5.41) is 0. The fourth-order valence-corrected chi connectivity index (χ4v) is 3.86. The van der Waals surface area contributed by atoms with Crippen LogP contribution in [0, 0.1) is 18.8 Å². The predicted octanol–water partition coefficient (Wildman–Crippen LogP) is 4.69. The Bertz CT molecular complexity index is 449. The van der Waals surface area contributed by atoms with E-state index in [2.05, 4.69) is 44.0 Å². The normalized spacial score (nSPS) is 18.4. The molecule has 0 aromatic heterocycles. The van der Waals surface area contributed by atoms with Gasteiger partial charge >= 0.3 is 0 Å². The van der Waals surface area contributed by atoms with E-state index >= 15 is 0 Å². The first-order valence-electron chi connectivity index (χ1n) is 8.96. The zero-order valence-corrected chi connectivity index (χ0v) is 14.9. The van der Waals surface area contributed by atoms with E-state index in [4.69, 9.17) is 4.74 Å². The highest BCUT2D eigenvalue weighted by atomic mass is 16.5. The van der Waals surface area contributed by atoms with E-state index in [1.807, 2.05) is 0 Å². The van der Waals surface area contributed by atoms with Gasteiger partial charge in [0.1, 0.15) is 5.75 Å². The molecule has 22 heavy (non-hydrogen) atoms. The molecule has 1 atom stereocenters. The molecule has 0 N–H and O–H groups in total. The number of likely N-dealkylation sites (tertiary alicyclic amines) is 1. The van der Waals surface area contributed by atoms with Gasteiger partial charge in [-0.15, -0.1) is 0 Å². The topological polar surface area (TPSA) is 12.5 Å². The van der Waals surface area contributed by atoms with Gasteiger partial charge in [0.05, 0.1) is 7.11 Å². The first-order valence-corrected chi connectivity index (χ1v) is 8.96. The van der Waals surface area contributed by atoms with Crippen LogP contribution in [0.1, 0.15) is 50.2 Å². The van der Waals surface area contributed by atoms with Crippen LogP contribution in [-0.4, -0.2) is 32.1 Å². The fraction of sp³-hybridized carbons (Fsp3) is 0.700. The third-order valence-electron chi connectivity index (χ3n) is 5.47. The highest BCUT2D eigenvalue weighted by Gasteiger charge is 2.23. The lowest BCUT2D eigenvalue weighted by Crippen LogP contribution is -2.33. The molecule has 1 aromatic rings. The summed E-state index contributed by atoms with van der Waals surface area (Å²) < 4.78 is 5.43. The van der Waals surface area contributed by atoms with Gasteiger partial charge < -0.3 is 9.64 Å². The van der Waals surface area contributed by atoms with Gasteiger partial charge in [0.15, 0.2) is 0 Å². The van der Waals surface area contributed by atoms with Gasteiger partial charge in [-0.1, -0.05) is 25.5 Å². The van der Waals surface area contributed by atoms with Crippen molar-refractivity contribution in [1.29, 1.82) is 0 Å². The van der Waals surface area contributed by atoms with Gasteiger partial charge in [0.2, 0.25) is 0 Å². The summed E-state index contributed by atoms with van der Waals surface area (Å²) in [6.07, 6.45) is 7.99. The summed E-state index contributed by atoms with van der Waals surface area (Å²) in [5.74, 6) is 2.90. The monoisotopic (exact) mass is 303 g/mol. The lowest BCUT2D eigenvalue weighted by atomic mass is 9.80. The predicted molar refractivity (Wildman–Crippen MR) is 94.7 cm³/mol. The van der Waals surface area contributed by atoms with Gasteiger partial charge in [-0.25, -0.2) is 0 Å². The number of rotatable bonds is 7. The van der Waals surface area contributed by atoms with Crippen molar-refractivity contribution < 1.29 is 4.74 Å². The Morgan fingerprint density at radius 2 is 2.00 bits per heavy atom. The first kappa shape index (κ1) is 17.3. The maximum Gasteiger partial charge on any atom is 0.122 e. The summed E-state index contributed by atoms with van der Waals surface area (Å²) in [5.41, 5.74) is 2.64. The zero-order valence-electron chi connectivity index (χ0n) is 14.9. The smallest absolute Gasteiger partial charge is 0.122 e. The maximum atomic E-state index is 5.43. The second-order valence-corrected chi connectivity index (χ2v) is 7.01. The van der Waals surface area contributed by atoms with Crippen molar-refractivity contribution in [1.82, 2.24) is 4.90 Å². The summed E-state index contributed by atoms with van der Waals surface area (Å²) in [7, 11) is 4.02. The summed E-state index contributed by atoms with van der Waals surface area (Å²) in [6.45, 7) is 7.06. The Morgan fingerprint density at radius 3 is 2.64 bits per heavy atom. The quantitative estimate of drug-likeness (QED) is 0.724. The van der Waals surface area contributed by atoms with Crippen LogP contribution >= 0.6 is 0 Å². The Balaban J connectivity index is 1.81. The van der Waals surface area contributed by atoms with Crippen LogP contribution in [0.3, 0.4) is 0 Å². The molecule has 1 fully saturated rings. The second kappa shape index (κ2) is 8.57. The number of aryl methyl sites for hydroxylation is 2. The van der Waals surface area contributed by atoms with E-state index in [-0.39, 0.29) is 0 Å². The van der Waals surface area contributed by atoms with Crippen molar-refractivity contribution in [3.8, 4) is 5.75 Å². The Kier molecular flexibility index (Phi) is 6.75. The molecular weight excluding hydrogens is 270 g/mol. The minimum atomic E-state index is 0.918. The van der Waals surface area contributed by atoms with E-state index in [1.54, 1.807) is 7.11 Å². The number of piperidine rings is 1. The molecule has 1 saturated heterocycles. The maximum absolute atomic E-state index is 5.43. The molecule has 1 aliphatic rings. The Morgan fingerprint density at radius 1 is 1.27 bits per heavy atom. The van der Waals surface area contributed by atoms with Crippen LogP contribution in [0.5, 0.6) is 5.75 Å². The SMILES string of the molecule is CCC(CCCc1ccc(C)c(OC)c1)C1CCN(C)CC1. The van der Waals surface area contributed by atoms with E-state index in [0.29, 0.717) is 0 Å². The standard InChI is InChI=1S/C20H33NO/c1-5-18(19-11-13-21(3)14-12-19)8-6-7-17-10-9-16(2)20(15-17)22-4/h9-10,15,18-19H,5-8,11-14H2,1-4H3. The molecular formula is C20H33NO. The van der Waals surface area contributed by atoms with Crippen molar-refractivity contribution in [3.05, 3.63) is 29.3 Å². The van der Waals surface area contributed by atoms with Gasteiger partial charge in [-0.3, -0.25) is 0 Å². The molecule has 0 amide bonds. The zero-order chi connectivity index (χ0) is 15.9. The van der Waals surface area contributed by atoms with Crippen molar-refractivity contribution >= 4 is 0 Å². The van der Waals surface area contributed by atoms with Crippen LogP contribution in [0.15, 0.2) is 18.2 Å². The molecule has 1 unspecified atom stereocenters. The molecule has 0 radical (unpaired) electrons. The van der Waals surface area contributed by atoms with E-state index in [0.717, 1.165) is 17.6 Å². The molecule has 1 heterocycles. The number of hydrogen-bond donors (Lipinski definition) is 0. The molecule has 2 heteroatoms. The molecule has 0 saturated carbocycles. The molecule has 1 aromatic carbocycles. The van der Waals surface area contributed by atoms with Crippen LogP contribution < -0.4 is 4.74 Å². The lowest BCUT2D eigenvalue weighted by molar-refractivity contribution is 0.160. The van der Waals surface area contributed by atoms with Crippen LogP contribution in [-0.2, 0) is 6.42 Å². The van der Waals surface area contributed by atoms with Crippen molar-refractivity contribution in [2.24, 2.45) is 11.8 Å². The summed E-state index contributed by atoms with van der Waals surface area (Å²) >= 11 is 0. The third kappa shape index (κ3) is 4.74. The van der Waals surface area contributed by atoms with Gasteiger partial charge in [-0.2, -0.15) is 0 Å². The molecule has 0 bridgehead atoms. The molecule has 124 valence electrons. The average molecular weight is 303 g/mol. The number of hydrogen-bond acceptors (Lipinski definition) is 2.